The van der Waals surface area contributed by atoms with Gasteiger partial charge in [0, 0.05) is 12.6 Å². The summed E-state index contributed by atoms with van der Waals surface area (Å²) >= 11 is 17.6. The normalized spacial score (nSPS) is 25.2. The molecule has 2 nitrogen and oxygen atoms in total. The Morgan fingerprint density at radius 3 is 2.18 bits per heavy atom. The van der Waals surface area contributed by atoms with Crippen LogP contribution in [-0.2, 0) is 0 Å². The zero-order valence-electron chi connectivity index (χ0n) is 9.73. The molecule has 2 atom stereocenters. The molecule has 0 bridgehead atoms. The fraction of sp³-hybridized carbons (Fsp3) is 0.500. The molecule has 1 aliphatic heterocycles. The van der Waals surface area contributed by atoms with Gasteiger partial charge in [-0.05, 0) is 19.4 Å². The summed E-state index contributed by atoms with van der Waals surface area (Å²) in [4.78, 5) is 0. The van der Waals surface area contributed by atoms with Gasteiger partial charge in [0.25, 0.3) is 0 Å². The van der Waals surface area contributed by atoms with E-state index in [9.17, 15) is 0 Å². The zero-order valence-corrected chi connectivity index (χ0v) is 12.0. The first-order valence-corrected chi connectivity index (χ1v) is 6.64. The Balaban J connectivity index is 2.15. The predicted octanol–water partition coefficient (Wildman–Crippen LogP) is 3.23. The number of halogens is 3. The Morgan fingerprint density at radius 2 is 1.71 bits per heavy atom. The molecule has 1 aromatic carbocycles. The summed E-state index contributed by atoms with van der Waals surface area (Å²) in [6.07, 6.45) is -0.307. The third-order valence-electron chi connectivity index (χ3n) is 2.87. The molecule has 2 rings (SSSR count). The van der Waals surface area contributed by atoms with Crippen LogP contribution in [0.1, 0.15) is 22.7 Å². The van der Waals surface area contributed by atoms with Crippen LogP contribution >= 0.6 is 34.8 Å². The molecule has 1 aromatic rings. The first kappa shape index (κ1) is 13.4. The zero-order chi connectivity index (χ0) is 12.6. The van der Waals surface area contributed by atoms with Crippen molar-refractivity contribution in [2.45, 2.75) is 29.8 Å². The number of benzene rings is 1. The van der Waals surface area contributed by atoms with Gasteiger partial charge in [-0.1, -0.05) is 64.1 Å². The van der Waals surface area contributed by atoms with E-state index in [0.717, 1.165) is 6.54 Å². The van der Waals surface area contributed by atoms with E-state index >= 15 is 0 Å². The minimum absolute atomic E-state index is 0.189. The lowest BCUT2D eigenvalue weighted by molar-refractivity contribution is 0.536. The number of hydrogen-bond donors (Lipinski definition) is 2. The first-order valence-electron chi connectivity index (χ1n) is 5.50. The van der Waals surface area contributed by atoms with Gasteiger partial charge >= 0.3 is 0 Å². The highest BCUT2D eigenvalue weighted by atomic mass is 35.6. The Morgan fingerprint density at radius 1 is 1.12 bits per heavy atom. The van der Waals surface area contributed by atoms with Gasteiger partial charge in [-0.2, -0.15) is 0 Å². The van der Waals surface area contributed by atoms with Gasteiger partial charge in [-0.15, -0.1) is 0 Å². The van der Waals surface area contributed by atoms with Crippen LogP contribution in [0.4, 0.5) is 0 Å². The van der Waals surface area contributed by atoms with Gasteiger partial charge in [0.1, 0.15) is 6.17 Å². The molecular formula is C12H15Cl3N2. The van der Waals surface area contributed by atoms with Crippen LogP contribution in [0.2, 0.25) is 0 Å². The van der Waals surface area contributed by atoms with E-state index in [1.165, 1.54) is 16.7 Å². The van der Waals surface area contributed by atoms with E-state index in [0.29, 0.717) is 0 Å². The third-order valence-corrected chi connectivity index (χ3v) is 3.52. The summed E-state index contributed by atoms with van der Waals surface area (Å²) < 4.78 is -1.33. The smallest absolute Gasteiger partial charge is 0.218 e. The molecule has 1 fully saturated rings. The van der Waals surface area contributed by atoms with Crippen molar-refractivity contribution in [3.05, 3.63) is 34.9 Å². The van der Waals surface area contributed by atoms with E-state index in [4.69, 9.17) is 34.8 Å². The highest BCUT2D eigenvalue weighted by Crippen LogP contribution is 2.33. The van der Waals surface area contributed by atoms with Crippen molar-refractivity contribution >= 4 is 34.8 Å². The standard InChI is InChI=1S/C12H15Cl3N2/c1-7-3-8(2)5-9(4-7)10-6-16-11(17-10)12(13,14)15/h3-5,10-11,16-17H,6H2,1-2H3. The number of alkyl halides is 3. The maximum absolute atomic E-state index is 5.86. The molecule has 94 valence electrons. The minimum atomic E-state index is -1.33. The van der Waals surface area contributed by atoms with E-state index in [2.05, 4.69) is 42.7 Å². The lowest BCUT2D eigenvalue weighted by Gasteiger charge is -2.21. The van der Waals surface area contributed by atoms with Crippen LogP contribution in [0.5, 0.6) is 0 Å². The summed E-state index contributed by atoms with van der Waals surface area (Å²) in [5.41, 5.74) is 3.73. The molecule has 0 saturated carbocycles. The summed E-state index contributed by atoms with van der Waals surface area (Å²) in [6.45, 7) is 4.94. The SMILES string of the molecule is Cc1cc(C)cc(C2CNC(C(Cl)(Cl)Cl)N2)c1. The van der Waals surface area contributed by atoms with Crippen LogP contribution in [0, 0.1) is 13.8 Å². The van der Waals surface area contributed by atoms with Gasteiger partial charge in [0.2, 0.25) is 3.79 Å². The van der Waals surface area contributed by atoms with E-state index in [1.54, 1.807) is 0 Å². The van der Waals surface area contributed by atoms with Crippen molar-refractivity contribution in [1.82, 2.24) is 10.6 Å². The third kappa shape index (κ3) is 3.27. The monoisotopic (exact) mass is 292 g/mol. The summed E-state index contributed by atoms with van der Waals surface area (Å²) in [5, 5.41) is 6.47. The van der Waals surface area contributed by atoms with Crippen LogP contribution in [0.3, 0.4) is 0 Å². The largest absolute Gasteiger partial charge is 0.296 e. The second kappa shape index (κ2) is 4.94. The van der Waals surface area contributed by atoms with Crippen LogP contribution in [0.25, 0.3) is 0 Å². The molecule has 2 N–H and O–H groups in total. The predicted molar refractivity (Wildman–Crippen MR) is 73.9 cm³/mol. The fourth-order valence-electron chi connectivity index (χ4n) is 2.19. The number of rotatable bonds is 1. The Kier molecular flexibility index (Phi) is 3.91. The second-order valence-corrected chi connectivity index (χ2v) is 6.89. The lowest BCUT2D eigenvalue weighted by Crippen LogP contribution is -2.43. The summed E-state index contributed by atoms with van der Waals surface area (Å²) in [7, 11) is 0. The fourth-order valence-corrected chi connectivity index (χ4v) is 2.61. The van der Waals surface area contributed by atoms with Gasteiger partial charge in [0.05, 0.1) is 0 Å². The molecule has 0 amide bonds. The van der Waals surface area contributed by atoms with Crippen molar-refractivity contribution in [2.75, 3.05) is 6.54 Å². The summed E-state index contributed by atoms with van der Waals surface area (Å²) in [6, 6.07) is 6.66. The molecule has 1 aliphatic rings. The van der Waals surface area contributed by atoms with E-state index < -0.39 is 3.79 Å². The topological polar surface area (TPSA) is 24.1 Å². The van der Waals surface area contributed by atoms with Crippen LogP contribution in [-0.4, -0.2) is 16.5 Å². The Bertz CT molecular complexity index is 394. The highest BCUT2D eigenvalue weighted by molar-refractivity contribution is 6.68. The molecule has 5 heteroatoms. The average molecular weight is 294 g/mol. The van der Waals surface area contributed by atoms with Gasteiger partial charge < -0.3 is 0 Å². The number of aryl methyl sites for hydroxylation is 2. The second-order valence-electron chi connectivity index (χ2n) is 4.52. The molecule has 2 unspecified atom stereocenters. The van der Waals surface area contributed by atoms with Crippen molar-refractivity contribution in [3.8, 4) is 0 Å². The van der Waals surface area contributed by atoms with Crippen molar-refractivity contribution in [2.24, 2.45) is 0 Å². The number of hydrogen-bond acceptors (Lipinski definition) is 2. The van der Waals surface area contributed by atoms with Crippen molar-refractivity contribution in [3.63, 3.8) is 0 Å². The van der Waals surface area contributed by atoms with Gasteiger partial charge in [-0.3, -0.25) is 10.6 Å². The maximum atomic E-state index is 5.86. The minimum Gasteiger partial charge on any atom is -0.296 e. The van der Waals surface area contributed by atoms with Crippen LogP contribution in [0.15, 0.2) is 18.2 Å². The molecule has 1 heterocycles. The van der Waals surface area contributed by atoms with Gasteiger partial charge in [0.15, 0.2) is 0 Å². The molecule has 0 radical (unpaired) electrons. The molecule has 17 heavy (non-hydrogen) atoms. The van der Waals surface area contributed by atoms with Crippen LogP contribution < -0.4 is 10.6 Å². The quantitative estimate of drug-likeness (QED) is 0.777. The van der Waals surface area contributed by atoms with Crippen molar-refractivity contribution < 1.29 is 0 Å². The lowest BCUT2D eigenvalue weighted by atomic mass is 10.0. The molecule has 0 spiro atoms. The highest BCUT2D eigenvalue weighted by Gasteiger charge is 2.38. The van der Waals surface area contributed by atoms with Gasteiger partial charge in [-0.25, -0.2) is 0 Å². The summed E-state index contributed by atoms with van der Waals surface area (Å²) in [5.74, 6) is 0. The first-order chi connectivity index (χ1) is 7.86. The molecule has 1 saturated heterocycles. The molecular weight excluding hydrogens is 279 g/mol. The average Bonchev–Trinajstić information content (AvgIpc) is 2.63. The Hall–Kier alpha value is 0.01000. The Labute approximate surface area is 117 Å². The molecule has 0 aliphatic carbocycles. The maximum Gasteiger partial charge on any atom is 0.218 e. The van der Waals surface area contributed by atoms with Crippen molar-refractivity contribution in [1.29, 1.82) is 0 Å². The molecule has 0 aromatic heterocycles. The van der Waals surface area contributed by atoms with E-state index in [-0.39, 0.29) is 12.2 Å². The van der Waals surface area contributed by atoms with E-state index in [1.807, 2.05) is 0 Å². The number of nitrogens with one attached hydrogen (secondary N) is 2.